The molecule has 0 saturated carbocycles. The molecule has 20 heavy (non-hydrogen) atoms. The molecule has 0 saturated heterocycles. The number of aryl methyl sites for hydroxylation is 1. The van der Waals surface area contributed by atoms with E-state index in [1.54, 1.807) is 13.3 Å². The number of nitrogens with one attached hydrogen (secondary N) is 1. The summed E-state index contributed by atoms with van der Waals surface area (Å²) in [5.74, 6) is 1.41. The molecule has 2 aromatic rings. The number of ether oxygens (including phenoxy) is 2. The SMILES string of the molecule is COCCNCc1ccc(OCc2cc(C)no2)cn1. The molecule has 0 amide bonds. The van der Waals surface area contributed by atoms with Gasteiger partial charge < -0.3 is 19.3 Å². The molecular formula is C14H19N3O3. The van der Waals surface area contributed by atoms with Crippen molar-refractivity contribution in [1.82, 2.24) is 15.5 Å². The van der Waals surface area contributed by atoms with Crippen molar-refractivity contribution in [3.8, 4) is 5.75 Å². The van der Waals surface area contributed by atoms with Crippen LogP contribution in [0, 0.1) is 6.92 Å². The minimum Gasteiger partial charge on any atom is -0.484 e. The molecular weight excluding hydrogens is 258 g/mol. The monoisotopic (exact) mass is 277 g/mol. The molecule has 0 radical (unpaired) electrons. The number of nitrogens with zero attached hydrogens (tertiary/aromatic N) is 2. The smallest absolute Gasteiger partial charge is 0.174 e. The Labute approximate surface area is 118 Å². The molecule has 2 aromatic heterocycles. The Morgan fingerprint density at radius 2 is 2.25 bits per heavy atom. The normalized spacial score (nSPS) is 10.7. The van der Waals surface area contributed by atoms with Gasteiger partial charge in [-0.1, -0.05) is 5.16 Å². The molecule has 2 heterocycles. The van der Waals surface area contributed by atoms with E-state index in [0.717, 1.165) is 17.9 Å². The van der Waals surface area contributed by atoms with Gasteiger partial charge in [-0.15, -0.1) is 0 Å². The summed E-state index contributed by atoms with van der Waals surface area (Å²) in [4.78, 5) is 4.32. The number of hydrogen-bond acceptors (Lipinski definition) is 6. The van der Waals surface area contributed by atoms with E-state index >= 15 is 0 Å². The van der Waals surface area contributed by atoms with Crippen LogP contribution in [0.15, 0.2) is 28.9 Å². The van der Waals surface area contributed by atoms with Gasteiger partial charge in [0.05, 0.1) is 24.2 Å². The molecule has 6 nitrogen and oxygen atoms in total. The number of hydrogen-bond donors (Lipinski definition) is 1. The van der Waals surface area contributed by atoms with Crippen LogP contribution in [0.4, 0.5) is 0 Å². The second kappa shape index (κ2) is 7.62. The molecule has 0 spiro atoms. The molecule has 6 heteroatoms. The van der Waals surface area contributed by atoms with Crippen LogP contribution in [-0.2, 0) is 17.9 Å². The van der Waals surface area contributed by atoms with Crippen LogP contribution in [-0.4, -0.2) is 30.4 Å². The zero-order chi connectivity index (χ0) is 14.2. The molecule has 0 unspecified atom stereocenters. The van der Waals surface area contributed by atoms with Crippen molar-refractivity contribution in [3.63, 3.8) is 0 Å². The Kier molecular flexibility index (Phi) is 5.52. The quantitative estimate of drug-likeness (QED) is 0.741. The number of methoxy groups -OCH3 is 1. The summed E-state index contributed by atoms with van der Waals surface area (Å²) < 4.78 is 15.6. The van der Waals surface area contributed by atoms with Crippen LogP contribution in [0.25, 0.3) is 0 Å². The third-order valence-electron chi connectivity index (χ3n) is 2.64. The van der Waals surface area contributed by atoms with Crippen molar-refractivity contribution < 1.29 is 14.0 Å². The van der Waals surface area contributed by atoms with Crippen molar-refractivity contribution in [2.24, 2.45) is 0 Å². The fourth-order valence-electron chi connectivity index (χ4n) is 1.63. The lowest BCUT2D eigenvalue weighted by molar-refractivity contribution is 0.199. The van der Waals surface area contributed by atoms with Crippen LogP contribution >= 0.6 is 0 Å². The first-order chi connectivity index (χ1) is 9.78. The second-order valence-corrected chi connectivity index (χ2v) is 4.38. The predicted octanol–water partition coefficient (Wildman–Crippen LogP) is 1.69. The highest BCUT2D eigenvalue weighted by Crippen LogP contribution is 2.12. The van der Waals surface area contributed by atoms with Gasteiger partial charge >= 0.3 is 0 Å². The molecule has 0 aromatic carbocycles. The molecule has 0 aliphatic rings. The van der Waals surface area contributed by atoms with E-state index in [1.165, 1.54) is 0 Å². The first kappa shape index (κ1) is 14.5. The molecule has 0 atom stereocenters. The van der Waals surface area contributed by atoms with Gasteiger partial charge in [0.1, 0.15) is 12.4 Å². The van der Waals surface area contributed by atoms with E-state index in [9.17, 15) is 0 Å². The van der Waals surface area contributed by atoms with Crippen LogP contribution in [0.5, 0.6) is 5.75 Å². The summed E-state index contributed by atoms with van der Waals surface area (Å²) in [7, 11) is 1.68. The van der Waals surface area contributed by atoms with E-state index in [2.05, 4.69) is 15.5 Å². The summed E-state index contributed by atoms with van der Waals surface area (Å²) in [5.41, 5.74) is 1.81. The highest BCUT2D eigenvalue weighted by molar-refractivity contribution is 5.20. The van der Waals surface area contributed by atoms with Gasteiger partial charge in [0.2, 0.25) is 0 Å². The standard InChI is InChI=1S/C14H19N3O3/c1-11-7-14(20-17-11)10-19-13-4-3-12(16-9-13)8-15-5-6-18-2/h3-4,7,9,15H,5-6,8,10H2,1-2H3. The maximum Gasteiger partial charge on any atom is 0.174 e. The lowest BCUT2D eigenvalue weighted by Gasteiger charge is -2.06. The highest BCUT2D eigenvalue weighted by Gasteiger charge is 2.02. The zero-order valence-electron chi connectivity index (χ0n) is 11.8. The summed E-state index contributed by atoms with van der Waals surface area (Å²) >= 11 is 0. The summed E-state index contributed by atoms with van der Waals surface area (Å²) in [5, 5.41) is 7.03. The minimum atomic E-state index is 0.355. The molecule has 0 bridgehead atoms. The number of pyridine rings is 1. The Morgan fingerprint density at radius 1 is 1.35 bits per heavy atom. The van der Waals surface area contributed by atoms with E-state index in [1.807, 2.05) is 25.1 Å². The molecule has 108 valence electrons. The third kappa shape index (κ3) is 4.64. The fraction of sp³-hybridized carbons (Fsp3) is 0.429. The van der Waals surface area contributed by atoms with Crippen molar-refractivity contribution >= 4 is 0 Å². The van der Waals surface area contributed by atoms with Gasteiger partial charge in [-0.2, -0.15) is 0 Å². The summed E-state index contributed by atoms with van der Waals surface area (Å²) in [6.07, 6.45) is 1.70. The highest BCUT2D eigenvalue weighted by atomic mass is 16.5. The molecule has 2 rings (SSSR count). The Hall–Kier alpha value is -1.92. The van der Waals surface area contributed by atoms with Crippen LogP contribution in [0.1, 0.15) is 17.1 Å². The number of rotatable bonds is 8. The van der Waals surface area contributed by atoms with Gasteiger partial charge in [0, 0.05) is 26.3 Å². The van der Waals surface area contributed by atoms with Crippen molar-refractivity contribution in [3.05, 3.63) is 41.5 Å². The topological polar surface area (TPSA) is 69.4 Å². The van der Waals surface area contributed by atoms with Crippen LogP contribution in [0.3, 0.4) is 0 Å². The first-order valence-corrected chi connectivity index (χ1v) is 6.47. The van der Waals surface area contributed by atoms with Gasteiger partial charge in [-0.05, 0) is 19.1 Å². The van der Waals surface area contributed by atoms with Crippen LogP contribution in [0.2, 0.25) is 0 Å². The Bertz CT molecular complexity index is 511. The average molecular weight is 277 g/mol. The van der Waals surface area contributed by atoms with Gasteiger partial charge in [0.15, 0.2) is 5.76 Å². The summed E-state index contributed by atoms with van der Waals surface area (Å²) in [6.45, 7) is 4.44. The predicted molar refractivity (Wildman–Crippen MR) is 73.4 cm³/mol. The van der Waals surface area contributed by atoms with Gasteiger partial charge in [-0.3, -0.25) is 4.98 Å². The van der Waals surface area contributed by atoms with E-state index in [4.69, 9.17) is 14.0 Å². The lowest BCUT2D eigenvalue weighted by Crippen LogP contribution is -2.19. The molecule has 0 fully saturated rings. The fourth-order valence-corrected chi connectivity index (χ4v) is 1.63. The van der Waals surface area contributed by atoms with Crippen molar-refractivity contribution in [2.45, 2.75) is 20.1 Å². The Balaban J connectivity index is 1.76. The van der Waals surface area contributed by atoms with E-state index in [-0.39, 0.29) is 0 Å². The van der Waals surface area contributed by atoms with E-state index < -0.39 is 0 Å². The van der Waals surface area contributed by atoms with Crippen LogP contribution < -0.4 is 10.1 Å². The van der Waals surface area contributed by atoms with Crippen molar-refractivity contribution in [2.75, 3.05) is 20.3 Å². The maximum absolute atomic E-state index is 5.57. The number of aromatic nitrogens is 2. The molecule has 0 aliphatic heterocycles. The lowest BCUT2D eigenvalue weighted by atomic mass is 10.3. The Morgan fingerprint density at radius 3 is 2.90 bits per heavy atom. The third-order valence-corrected chi connectivity index (χ3v) is 2.64. The maximum atomic E-state index is 5.57. The first-order valence-electron chi connectivity index (χ1n) is 6.47. The zero-order valence-corrected chi connectivity index (χ0v) is 11.8. The second-order valence-electron chi connectivity index (χ2n) is 4.38. The van der Waals surface area contributed by atoms with E-state index in [0.29, 0.717) is 31.3 Å². The molecule has 0 aliphatic carbocycles. The van der Waals surface area contributed by atoms with Gasteiger partial charge in [0.25, 0.3) is 0 Å². The largest absolute Gasteiger partial charge is 0.484 e. The van der Waals surface area contributed by atoms with Gasteiger partial charge in [-0.25, -0.2) is 0 Å². The average Bonchev–Trinajstić information content (AvgIpc) is 2.88. The summed E-state index contributed by atoms with van der Waals surface area (Å²) in [6, 6.07) is 5.67. The molecule has 1 N–H and O–H groups in total. The van der Waals surface area contributed by atoms with Crippen molar-refractivity contribution in [1.29, 1.82) is 0 Å². The minimum absolute atomic E-state index is 0.355.